The Bertz CT molecular complexity index is 187. The van der Waals surface area contributed by atoms with Crippen LogP contribution in [0.3, 0.4) is 0 Å². The molecule has 0 radical (unpaired) electrons. The van der Waals surface area contributed by atoms with Crippen molar-refractivity contribution in [1.82, 2.24) is 0 Å². The zero-order valence-electron chi connectivity index (χ0n) is 6.67. The molecule has 1 unspecified atom stereocenters. The van der Waals surface area contributed by atoms with Crippen LogP contribution in [0.2, 0.25) is 0 Å². The van der Waals surface area contributed by atoms with E-state index in [1.165, 1.54) is 5.57 Å². The van der Waals surface area contributed by atoms with Crippen molar-refractivity contribution in [1.29, 1.82) is 0 Å². The van der Waals surface area contributed by atoms with E-state index >= 15 is 0 Å². The van der Waals surface area contributed by atoms with E-state index in [2.05, 4.69) is 13.0 Å². The summed E-state index contributed by atoms with van der Waals surface area (Å²) in [5.41, 5.74) is 6.25. The molecular weight excluding hydrogens is 142 g/mol. The second kappa shape index (κ2) is 3.42. The highest BCUT2D eigenvalue weighted by molar-refractivity contribution is 5.64. The fourth-order valence-corrected chi connectivity index (χ4v) is 1.21. The average molecular weight is 155 g/mol. The molecule has 0 aromatic rings. The third-order valence-corrected chi connectivity index (χ3v) is 1.87. The van der Waals surface area contributed by atoms with E-state index in [9.17, 15) is 4.79 Å². The second-order valence-electron chi connectivity index (χ2n) is 2.88. The van der Waals surface area contributed by atoms with Crippen molar-refractivity contribution in [2.24, 2.45) is 5.73 Å². The number of amides is 1. The summed E-state index contributed by atoms with van der Waals surface area (Å²) in [6.07, 6.45) is 4.17. The maximum absolute atomic E-state index is 10.3. The number of carbonyl (C=O) groups is 1. The van der Waals surface area contributed by atoms with Crippen LogP contribution in [0.1, 0.15) is 26.2 Å². The van der Waals surface area contributed by atoms with Gasteiger partial charge in [0.1, 0.15) is 6.10 Å². The molecule has 0 aromatic heterocycles. The summed E-state index contributed by atoms with van der Waals surface area (Å²) in [6.45, 7) is 2.08. The Labute approximate surface area is 66.2 Å². The number of rotatable bonds is 1. The first-order valence-corrected chi connectivity index (χ1v) is 3.80. The van der Waals surface area contributed by atoms with Gasteiger partial charge in [-0.2, -0.15) is 0 Å². The van der Waals surface area contributed by atoms with Crippen LogP contribution in [0, 0.1) is 0 Å². The van der Waals surface area contributed by atoms with Gasteiger partial charge in [-0.25, -0.2) is 4.79 Å². The third-order valence-electron chi connectivity index (χ3n) is 1.87. The molecule has 0 spiro atoms. The van der Waals surface area contributed by atoms with Gasteiger partial charge in [0, 0.05) is 6.42 Å². The van der Waals surface area contributed by atoms with Gasteiger partial charge in [0.15, 0.2) is 0 Å². The van der Waals surface area contributed by atoms with Crippen LogP contribution in [-0.4, -0.2) is 12.2 Å². The lowest BCUT2D eigenvalue weighted by Gasteiger charge is -2.19. The first-order valence-electron chi connectivity index (χ1n) is 3.80. The van der Waals surface area contributed by atoms with Crippen LogP contribution in [-0.2, 0) is 4.74 Å². The zero-order chi connectivity index (χ0) is 8.27. The minimum Gasteiger partial charge on any atom is -0.446 e. The van der Waals surface area contributed by atoms with Gasteiger partial charge >= 0.3 is 6.09 Å². The van der Waals surface area contributed by atoms with Gasteiger partial charge in [-0.15, -0.1) is 0 Å². The monoisotopic (exact) mass is 155 g/mol. The summed E-state index contributed by atoms with van der Waals surface area (Å²) in [5.74, 6) is 0. The lowest BCUT2D eigenvalue weighted by Crippen LogP contribution is -2.23. The lowest BCUT2D eigenvalue weighted by molar-refractivity contribution is 0.100. The van der Waals surface area contributed by atoms with Gasteiger partial charge in [0.05, 0.1) is 0 Å². The lowest BCUT2D eigenvalue weighted by atomic mass is 9.98. The van der Waals surface area contributed by atoms with E-state index in [-0.39, 0.29) is 6.10 Å². The predicted molar refractivity (Wildman–Crippen MR) is 42.1 cm³/mol. The van der Waals surface area contributed by atoms with Gasteiger partial charge in [-0.1, -0.05) is 11.6 Å². The Balaban J connectivity index is 2.35. The molecule has 11 heavy (non-hydrogen) atoms. The van der Waals surface area contributed by atoms with Gasteiger partial charge < -0.3 is 10.5 Å². The zero-order valence-corrected chi connectivity index (χ0v) is 6.67. The molecule has 1 atom stereocenters. The van der Waals surface area contributed by atoms with Crippen LogP contribution >= 0.6 is 0 Å². The number of nitrogens with two attached hydrogens (primary N) is 1. The summed E-state index contributed by atoms with van der Waals surface area (Å²) >= 11 is 0. The van der Waals surface area contributed by atoms with E-state index < -0.39 is 6.09 Å². The Morgan fingerprint density at radius 2 is 2.55 bits per heavy atom. The fraction of sp³-hybridized carbons (Fsp3) is 0.625. The number of allylic oxidation sites excluding steroid dienone is 1. The molecule has 3 heteroatoms. The fourth-order valence-electron chi connectivity index (χ4n) is 1.21. The van der Waals surface area contributed by atoms with Crippen molar-refractivity contribution in [2.75, 3.05) is 0 Å². The second-order valence-corrected chi connectivity index (χ2v) is 2.88. The van der Waals surface area contributed by atoms with E-state index in [0.717, 1.165) is 19.3 Å². The number of hydrogen-bond acceptors (Lipinski definition) is 2. The van der Waals surface area contributed by atoms with Crippen molar-refractivity contribution in [3.05, 3.63) is 11.6 Å². The van der Waals surface area contributed by atoms with E-state index in [4.69, 9.17) is 10.5 Å². The molecule has 1 aliphatic rings. The molecule has 0 saturated carbocycles. The summed E-state index contributed by atoms with van der Waals surface area (Å²) in [6, 6.07) is 0. The number of ether oxygens (including phenoxy) is 1. The van der Waals surface area contributed by atoms with Gasteiger partial charge in [0.2, 0.25) is 0 Å². The summed E-state index contributed by atoms with van der Waals surface area (Å²) in [4.78, 5) is 10.3. The molecule has 0 heterocycles. The molecule has 2 N–H and O–H groups in total. The maximum Gasteiger partial charge on any atom is 0.404 e. The Kier molecular flexibility index (Phi) is 2.52. The van der Waals surface area contributed by atoms with Crippen molar-refractivity contribution < 1.29 is 9.53 Å². The minimum absolute atomic E-state index is 0.0104. The van der Waals surface area contributed by atoms with Crippen LogP contribution in [0.4, 0.5) is 4.79 Å². The normalized spacial score (nSPS) is 24.1. The minimum atomic E-state index is -0.664. The van der Waals surface area contributed by atoms with Crippen molar-refractivity contribution in [3.8, 4) is 0 Å². The van der Waals surface area contributed by atoms with Crippen LogP contribution in [0.25, 0.3) is 0 Å². The first-order chi connectivity index (χ1) is 5.18. The van der Waals surface area contributed by atoms with E-state index in [1.807, 2.05) is 0 Å². The quantitative estimate of drug-likeness (QED) is 0.584. The summed E-state index contributed by atoms with van der Waals surface area (Å²) in [7, 11) is 0. The highest BCUT2D eigenvalue weighted by atomic mass is 16.6. The van der Waals surface area contributed by atoms with E-state index in [1.54, 1.807) is 0 Å². The van der Waals surface area contributed by atoms with Crippen LogP contribution < -0.4 is 5.73 Å². The van der Waals surface area contributed by atoms with Crippen LogP contribution in [0.15, 0.2) is 11.6 Å². The molecule has 1 aliphatic carbocycles. The molecule has 0 aliphatic heterocycles. The van der Waals surface area contributed by atoms with Gasteiger partial charge in [0.25, 0.3) is 0 Å². The topological polar surface area (TPSA) is 52.3 Å². The SMILES string of the molecule is CC1=CCC(OC(N)=O)CC1. The Hall–Kier alpha value is -0.990. The predicted octanol–water partition coefficient (Wildman–Crippen LogP) is 1.58. The highest BCUT2D eigenvalue weighted by Gasteiger charge is 2.14. The number of carbonyl (C=O) groups excluding carboxylic acids is 1. The first kappa shape index (κ1) is 8.11. The molecule has 62 valence electrons. The number of primary amides is 1. The third kappa shape index (κ3) is 2.62. The maximum atomic E-state index is 10.3. The molecular formula is C8H13NO2. The largest absolute Gasteiger partial charge is 0.446 e. The van der Waals surface area contributed by atoms with Crippen molar-refractivity contribution in [3.63, 3.8) is 0 Å². The van der Waals surface area contributed by atoms with Gasteiger partial charge in [-0.3, -0.25) is 0 Å². The summed E-state index contributed by atoms with van der Waals surface area (Å²) in [5, 5.41) is 0. The molecule has 0 fully saturated rings. The number of hydrogen-bond donors (Lipinski definition) is 1. The molecule has 1 rings (SSSR count). The molecule has 0 aromatic carbocycles. The smallest absolute Gasteiger partial charge is 0.404 e. The van der Waals surface area contributed by atoms with Crippen molar-refractivity contribution in [2.45, 2.75) is 32.3 Å². The van der Waals surface area contributed by atoms with Crippen LogP contribution in [0.5, 0.6) is 0 Å². The van der Waals surface area contributed by atoms with E-state index in [0.29, 0.717) is 0 Å². The highest BCUT2D eigenvalue weighted by Crippen LogP contribution is 2.19. The molecule has 0 saturated heterocycles. The average Bonchev–Trinajstić information content (AvgIpc) is 1.93. The molecule has 1 amide bonds. The Morgan fingerprint density at radius 1 is 1.82 bits per heavy atom. The standard InChI is InChI=1S/C8H13NO2/c1-6-2-4-7(5-3-6)11-8(9)10/h2,7H,3-5H2,1H3,(H2,9,10). The van der Waals surface area contributed by atoms with Crippen molar-refractivity contribution >= 4 is 6.09 Å². The van der Waals surface area contributed by atoms with Gasteiger partial charge in [-0.05, 0) is 19.8 Å². The Morgan fingerprint density at radius 3 is 3.00 bits per heavy atom. The molecule has 3 nitrogen and oxygen atoms in total. The molecule has 0 bridgehead atoms. The summed E-state index contributed by atoms with van der Waals surface area (Å²) < 4.78 is 4.83.